The van der Waals surface area contributed by atoms with E-state index in [4.69, 9.17) is 5.21 Å². The maximum atomic E-state index is 8.86. The van der Waals surface area contributed by atoms with E-state index in [0.29, 0.717) is 5.92 Å². The number of aromatic amines is 1. The van der Waals surface area contributed by atoms with Gasteiger partial charge < -0.3 is 5.21 Å². The predicted octanol–water partition coefficient (Wildman–Crippen LogP) is 2.07. The summed E-state index contributed by atoms with van der Waals surface area (Å²) < 4.78 is 0. The molecular weight excluding hydrogens is 192 g/mol. The Kier molecular flexibility index (Phi) is 3.32. The second kappa shape index (κ2) is 4.91. The molecule has 1 heterocycles. The Morgan fingerprint density at radius 3 is 3.07 bits per heavy atom. The molecule has 2 N–H and O–H groups in total. The molecule has 0 amide bonds. The molecule has 0 aliphatic heterocycles. The van der Waals surface area contributed by atoms with Crippen molar-refractivity contribution in [2.24, 2.45) is 5.16 Å². The summed E-state index contributed by atoms with van der Waals surface area (Å²) in [6.45, 7) is 0. The van der Waals surface area contributed by atoms with E-state index < -0.39 is 0 Å². The monoisotopic (exact) mass is 208 g/mol. The van der Waals surface area contributed by atoms with Crippen molar-refractivity contribution in [2.45, 2.75) is 44.4 Å². The van der Waals surface area contributed by atoms with Crippen molar-refractivity contribution in [2.75, 3.05) is 0 Å². The average Bonchev–Trinajstić information content (AvgIpc) is 2.71. The molecule has 0 aromatic carbocycles. The second-order valence-electron chi connectivity index (χ2n) is 4.04. The van der Waals surface area contributed by atoms with Crippen LogP contribution in [0, 0.1) is 0 Å². The van der Waals surface area contributed by atoms with E-state index in [1.807, 2.05) is 0 Å². The van der Waals surface area contributed by atoms with Gasteiger partial charge in [0.2, 0.25) is 0 Å². The van der Waals surface area contributed by atoms with E-state index >= 15 is 0 Å². The largest absolute Gasteiger partial charge is 0.411 e. The molecule has 5 nitrogen and oxygen atoms in total. The van der Waals surface area contributed by atoms with Gasteiger partial charge in [0.15, 0.2) is 0 Å². The first kappa shape index (κ1) is 10.1. The first-order chi connectivity index (χ1) is 7.40. The van der Waals surface area contributed by atoms with Gasteiger partial charge in [-0.3, -0.25) is 5.10 Å². The van der Waals surface area contributed by atoms with Crippen LogP contribution in [0.2, 0.25) is 0 Å². The summed E-state index contributed by atoms with van der Waals surface area (Å²) in [5, 5.41) is 19.0. The second-order valence-corrected chi connectivity index (χ2v) is 4.04. The number of nitrogens with zero attached hydrogens (tertiary/aromatic N) is 3. The number of hydrogen-bond donors (Lipinski definition) is 2. The van der Waals surface area contributed by atoms with Gasteiger partial charge >= 0.3 is 0 Å². The van der Waals surface area contributed by atoms with Gasteiger partial charge in [0.1, 0.15) is 12.2 Å². The molecule has 0 saturated heterocycles. The fraction of sp³-hybridized carbons (Fsp3) is 0.700. The summed E-state index contributed by atoms with van der Waals surface area (Å²) in [4.78, 5) is 4.18. The van der Waals surface area contributed by atoms with Crippen molar-refractivity contribution in [3.8, 4) is 0 Å². The summed E-state index contributed by atoms with van der Waals surface area (Å²) >= 11 is 0. The minimum atomic E-state index is 0.332. The van der Waals surface area contributed by atoms with Crippen LogP contribution in [0.5, 0.6) is 0 Å². The van der Waals surface area contributed by atoms with Crippen molar-refractivity contribution >= 4 is 5.71 Å². The molecular formula is C10H16N4O. The number of nitrogens with one attached hydrogen (secondary N) is 1. The van der Waals surface area contributed by atoms with Crippen molar-refractivity contribution in [1.29, 1.82) is 0 Å². The van der Waals surface area contributed by atoms with Crippen LogP contribution in [0.25, 0.3) is 0 Å². The van der Waals surface area contributed by atoms with Gasteiger partial charge in [-0.1, -0.05) is 18.0 Å². The highest BCUT2D eigenvalue weighted by Crippen LogP contribution is 2.27. The topological polar surface area (TPSA) is 74.2 Å². The molecule has 0 spiro atoms. The van der Waals surface area contributed by atoms with Crippen LogP contribution in [0.15, 0.2) is 11.5 Å². The lowest BCUT2D eigenvalue weighted by Gasteiger charge is -2.17. The third kappa shape index (κ3) is 2.55. The molecule has 1 aromatic heterocycles. The van der Waals surface area contributed by atoms with Crippen LogP contribution in [-0.2, 0) is 0 Å². The molecule has 82 valence electrons. The quantitative estimate of drug-likeness (QED) is 0.548. The lowest BCUT2D eigenvalue weighted by molar-refractivity contribution is 0.314. The molecule has 1 aromatic rings. The minimum absolute atomic E-state index is 0.332. The van der Waals surface area contributed by atoms with E-state index in [0.717, 1.165) is 37.2 Å². The molecule has 1 unspecified atom stereocenters. The summed E-state index contributed by atoms with van der Waals surface area (Å²) in [5.41, 5.74) is 0.885. The lowest BCUT2D eigenvalue weighted by Crippen LogP contribution is -2.12. The van der Waals surface area contributed by atoms with Crippen LogP contribution in [0.1, 0.15) is 50.3 Å². The van der Waals surface area contributed by atoms with Gasteiger partial charge in [-0.2, -0.15) is 5.10 Å². The third-order valence-electron chi connectivity index (χ3n) is 2.96. The van der Waals surface area contributed by atoms with Crippen molar-refractivity contribution in [3.63, 3.8) is 0 Å². The van der Waals surface area contributed by atoms with Crippen molar-refractivity contribution in [3.05, 3.63) is 12.2 Å². The van der Waals surface area contributed by atoms with E-state index in [2.05, 4.69) is 20.3 Å². The normalized spacial score (nSPS) is 26.1. The highest BCUT2D eigenvalue weighted by Gasteiger charge is 2.19. The van der Waals surface area contributed by atoms with Crippen LogP contribution in [0.4, 0.5) is 0 Å². The molecule has 5 heteroatoms. The number of hydrogen-bond acceptors (Lipinski definition) is 4. The molecule has 1 aliphatic rings. The van der Waals surface area contributed by atoms with Crippen LogP contribution < -0.4 is 0 Å². The Hall–Kier alpha value is -1.39. The maximum absolute atomic E-state index is 8.86. The number of H-pyrrole nitrogens is 1. The molecule has 0 radical (unpaired) electrons. The van der Waals surface area contributed by atoms with E-state index in [1.54, 1.807) is 0 Å². The molecule has 1 saturated carbocycles. The minimum Gasteiger partial charge on any atom is -0.411 e. The fourth-order valence-electron chi connectivity index (χ4n) is 2.12. The van der Waals surface area contributed by atoms with Gasteiger partial charge in [0.25, 0.3) is 0 Å². The molecule has 1 aliphatic carbocycles. The number of oxime groups is 1. The lowest BCUT2D eigenvalue weighted by atomic mass is 9.89. The standard InChI is InChI=1S/C10H16N4O/c15-14-9-5-3-1-2-4-8(6-9)10-11-7-12-13-10/h7-8,15H,1-6H2,(H,11,12,13)/b14-9+. The summed E-state index contributed by atoms with van der Waals surface area (Å²) in [6.07, 6.45) is 7.86. The molecule has 1 fully saturated rings. The van der Waals surface area contributed by atoms with Gasteiger partial charge in [0, 0.05) is 5.92 Å². The van der Waals surface area contributed by atoms with E-state index in [1.165, 1.54) is 19.2 Å². The van der Waals surface area contributed by atoms with Crippen LogP contribution in [-0.4, -0.2) is 26.1 Å². The third-order valence-corrected chi connectivity index (χ3v) is 2.96. The van der Waals surface area contributed by atoms with Gasteiger partial charge in [0.05, 0.1) is 5.71 Å². The zero-order valence-electron chi connectivity index (χ0n) is 8.69. The highest BCUT2D eigenvalue weighted by atomic mass is 16.4. The number of rotatable bonds is 1. The van der Waals surface area contributed by atoms with Crippen LogP contribution >= 0.6 is 0 Å². The Bertz CT molecular complexity index is 320. The summed E-state index contributed by atoms with van der Waals surface area (Å²) in [5.74, 6) is 1.25. The predicted molar refractivity (Wildman–Crippen MR) is 56.0 cm³/mol. The fourth-order valence-corrected chi connectivity index (χ4v) is 2.12. The highest BCUT2D eigenvalue weighted by molar-refractivity contribution is 5.84. The van der Waals surface area contributed by atoms with Gasteiger partial charge in [-0.05, 0) is 25.7 Å². The maximum Gasteiger partial charge on any atom is 0.137 e. The molecule has 2 rings (SSSR count). The average molecular weight is 208 g/mol. The van der Waals surface area contributed by atoms with Gasteiger partial charge in [-0.25, -0.2) is 4.98 Å². The Morgan fingerprint density at radius 1 is 1.40 bits per heavy atom. The van der Waals surface area contributed by atoms with Crippen LogP contribution in [0.3, 0.4) is 0 Å². The molecule has 0 bridgehead atoms. The van der Waals surface area contributed by atoms with Crippen molar-refractivity contribution < 1.29 is 5.21 Å². The number of aromatic nitrogens is 3. The van der Waals surface area contributed by atoms with Crippen molar-refractivity contribution in [1.82, 2.24) is 15.2 Å². The first-order valence-corrected chi connectivity index (χ1v) is 5.45. The van der Waals surface area contributed by atoms with Gasteiger partial charge in [-0.15, -0.1) is 0 Å². The molecule has 1 atom stereocenters. The zero-order valence-corrected chi connectivity index (χ0v) is 8.69. The van der Waals surface area contributed by atoms with E-state index in [9.17, 15) is 0 Å². The smallest absolute Gasteiger partial charge is 0.137 e. The Labute approximate surface area is 88.6 Å². The molecule has 15 heavy (non-hydrogen) atoms. The zero-order chi connectivity index (χ0) is 10.5. The summed E-state index contributed by atoms with van der Waals surface area (Å²) in [6, 6.07) is 0. The van der Waals surface area contributed by atoms with E-state index in [-0.39, 0.29) is 0 Å². The first-order valence-electron chi connectivity index (χ1n) is 5.45. The summed E-state index contributed by atoms with van der Waals surface area (Å²) in [7, 11) is 0. The SMILES string of the molecule is O/N=C1\CCCCCC(c2ncn[nH]2)C1. The Morgan fingerprint density at radius 2 is 2.33 bits per heavy atom. The Balaban J connectivity index is 2.08.